The zero-order valence-corrected chi connectivity index (χ0v) is 15.2. The van der Waals surface area contributed by atoms with Crippen LogP contribution in [0, 0.1) is 18.3 Å². The third-order valence-corrected chi connectivity index (χ3v) is 3.98. The van der Waals surface area contributed by atoms with E-state index in [0.717, 1.165) is 22.3 Å². The number of aliphatic hydroxyl groups excluding tert-OH is 1. The molecule has 0 saturated carbocycles. The van der Waals surface area contributed by atoms with Gasteiger partial charge in [0.15, 0.2) is 0 Å². The van der Waals surface area contributed by atoms with Crippen molar-refractivity contribution in [2.75, 3.05) is 11.9 Å². The number of phenols is 1. The van der Waals surface area contributed by atoms with Gasteiger partial charge in [0.2, 0.25) is 0 Å². The fourth-order valence-electron chi connectivity index (χ4n) is 2.85. The molecule has 0 fully saturated rings. The number of anilines is 1. The highest BCUT2D eigenvalue weighted by atomic mass is 16.3. The number of nitrogens with one attached hydrogen (secondary N) is 1. The van der Waals surface area contributed by atoms with Crippen LogP contribution in [0.15, 0.2) is 42.7 Å². The largest absolute Gasteiger partial charge is 0.508 e. The minimum atomic E-state index is -0.486. The fourth-order valence-corrected chi connectivity index (χ4v) is 2.85. The minimum Gasteiger partial charge on any atom is -0.508 e. The summed E-state index contributed by atoms with van der Waals surface area (Å²) in [6, 6.07) is 11.1. The van der Waals surface area contributed by atoms with Crippen molar-refractivity contribution in [3.05, 3.63) is 48.3 Å². The molecule has 0 aliphatic carbocycles. The second-order valence-corrected chi connectivity index (χ2v) is 6.46. The van der Waals surface area contributed by atoms with E-state index >= 15 is 0 Å². The summed E-state index contributed by atoms with van der Waals surface area (Å²) in [7, 11) is 0. The lowest BCUT2D eigenvalue weighted by atomic mass is 10.0. The summed E-state index contributed by atoms with van der Waals surface area (Å²) in [6.45, 7) is 4.12. The average Bonchev–Trinajstić information content (AvgIpc) is 3.04. The Balaban J connectivity index is 2.07. The van der Waals surface area contributed by atoms with Crippen LogP contribution in [0.3, 0.4) is 0 Å². The highest BCUT2D eigenvalue weighted by Crippen LogP contribution is 2.33. The van der Waals surface area contributed by atoms with Crippen LogP contribution < -0.4 is 5.32 Å². The normalized spacial score (nSPS) is 11.8. The number of pyridine rings is 1. The molecule has 3 rings (SSSR count). The maximum Gasteiger partial charge on any atom is 0.128 e. The van der Waals surface area contributed by atoms with Gasteiger partial charge in [0.05, 0.1) is 12.2 Å². The molecule has 0 saturated heterocycles. The van der Waals surface area contributed by atoms with Gasteiger partial charge in [-0.25, -0.2) is 4.98 Å². The van der Waals surface area contributed by atoms with Crippen LogP contribution in [0.1, 0.15) is 12.5 Å². The number of nitriles is 1. The molecule has 0 radical (unpaired) electrons. The van der Waals surface area contributed by atoms with Gasteiger partial charge in [-0.2, -0.15) is 10.4 Å². The van der Waals surface area contributed by atoms with Gasteiger partial charge in [0.25, 0.3) is 0 Å². The summed E-state index contributed by atoms with van der Waals surface area (Å²) in [5.41, 5.74) is 4.07. The molecular weight excluding hydrogens is 342 g/mol. The predicted octanol–water partition coefficient (Wildman–Crippen LogP) is 2.94. The Hall–Kier alpha value is -3.37. The summed E-state index contributed by atoms with van der Waals surface area (Å²) >= 11 is 0. The van der Waals surface area contributed by atoms with Crippen LogP contribution in [0.4, 0.5) is 5.82 Å². The third-order valence-electron chi connectivity index (χ3n) is 3.98. The monoisotopic (exact) mass is 363 g/mol. The Morgan fingerprint density at radius 1 is 1.26 bits per heavy atom. The van der Waals surface area contributed by atoms with Crippen molar-refractivity contribution in [2.45, 2.75) is 26.5 Å². The van der Waals surface area contributed by atoms with E-state index < -0.39 is 6.10 Å². The lowest BCUT2D eigenvalue weighted by Crippen LogP contribution is -2.15. The van der Waals surface area contributed by atoms with Crippen LogP contribution in [0.2, 0.25) is 0 Å². The Morgan fingerprint density at radius 2 is 2.07 bits per heavy atom. The van der Waals surface area contributed by atoms with Gasteiger partial charge in [0, 0.05) is 30.1 Å². The van der Waals surface area contributed by atoms with Gasteiger partial charge in [-0.15, -0.1) is 0 Å². The third kappa shape index (κ3) is 4.43. The van der Waals surface area contributed by atoms with Gasteiger partial charge in [-0.3, -0.25) is 4.68 Å². The van der Waals surface area contributed by atoms with Crippen molar-refractivity contribution >= 4 is 5.82 Å². The van der Waals surface area contributed by atoms with Crippen molar-refractivity contribution in [3.63, 3.8) is 0 Å². The summed E-state index contributed by atoms with van der Waals surface area (Å²) in [6.07, 6.45) is 3.00. The van der Waals surface area contributed by atoms with Crippen LogP contribution in [-0.2, 0) is 6.54 Å². The molecule has 138 valence electrons. The molecule has 7 nitrogen and oxygen atoms in total. The molecule has 1 aromatic carbocycles. The number of phenolic OH excluding ortho intramolecular Hbond substituents is 1. The van der Waals surface area contributed by atoms with E-state index in [1.165, 1.54) is 0 Å². The van der Waals surface area contributed by atoms with Crippen LogP contribution in [0.5, 0.6) is 5.75 Å². The van der Waals surface area contributed by atoms with Gasteiger partial charge in [-0.05, 0) is 55.3 Å². The smallest absolute Gasteiger partial charge is 0.128 e. The number of aliphatic hydroxyl groups is 1. The quantitative estimate of drug-likeness (QED) is 0.621. The first-order valence-electron chi connectivity index (χ1n) is 8.60. The van der Waals surface area contributed by atoms with Crippen molar-refractivity contribution in [3.8, 4) is 34.2 Å². The topological polar surface area (TPSA) is 107 Å². The summed E-state index contributed by atoms with van der Waals surface area (Å²) in [5.74, 6) is 0.805. The van der Waals surface area contributed by atoms with E-state index in [4.69, 9.17) is 5.26 Å². The van der Waals surface area contributed by atoms with Crippen LogP contribution in [-0.4, -0.2) is 37.6 Å². The lowest BCUT2D eigenvalue weighted by molar-refractivity contribution is 0.208. The van der Waals surface area contributed by atoms with Crippen molar-refractivity contribution in [1.82, 2.24) is 14.8 Å². The van der Waals surface area contributed by atoms with Crippen molar-refractivity contribution in [2.24, 2.45) is 0 Å². The van der Waals surface area contributed by atoms with Gasteiger partial charge >= 0.3 is 0 Å². The number of rotatable bonds is 6. The molecular formula is C20H21N5O2. The molecule has 27 heavy (non-hydrogen) atoms. The van der Waals surface area contributed by atoms with Crippen LogP contribution in [0.25, 0.3) is 22.4 Å². The second-order valence-electron chi connectivity index (χ2n) is 6.46. The highest BCUT2D eigenvalue weighted by Gasteiger charge is 2.15. The van der Waals surface area contributed by atoms with Crippen molar-refractivity contribution < 1.29 is 10.2 Å². The molecule has 0 bridgehead atoms. The van der Waals surface area contributed by atoms with Gasteiger partial charge < -0.3 is 15.5 Å². The van der Waals surface area contributed by atoms with Crippen molar-refractivity contribution in [1.29, 1.82) is 5.26 Å². The first-order chi connectivity index (χ1) is 13.0. The number of aryl methyl sites for hydroxylation is 1. The molecule has 7 heteroatoms. The summed E-state index contributed by atoms with van der Waals surface area (Å²) < 4.78 is 1.58. The van der Waals surface area contributed by atoms with E-state index in [2.05, 4.69) is 21.5 Å². The maximum absolute atomic E-state index is 9.96. The molecule has 1 unspecified atom stereocenters. The average molecular weight is 363 g/mol. The number of hydrogen-bond acceptors (Lipinski definition) is 6. The van der Waals surface area contributed by atoms with E-state index in [-0.39, 0.29) is 12.3 Å². The first-order valence-corrected chi connectivity index (χ1v) is 8.60. The number of benzene rings is 1. The summed E-state index contributed by atoms with van der Waals surface area (Å²) in [4.78, 5) is 4.27. The van der Waals surface area contributed by atoms with E-state index in [0.29, 0.717) is 18.1 Å². The lowest BCUT2D eigenvalue weighted by Gasteiger charge is -2.09. The molecule has 2 aromatic heterocycles. The SMILES string of the molecule is Cc1cc(O)cc(-c2nn(CC#N)cc2-c2ccnc(NCC(C)O)c2)c1. The standard InChI is InChI=1S/C20H21N5O2/c1-13-7-16(9-17(27)8-13)20-18(12-25(24-20)6-4-21)15-3-5-22-19(10-15)23-11-14(2)26/h3,5,7-10,12,14,26-27H,6,11H2,1-2H3,(H,22,23). The number of aromatic nitrogens is 3. The number of aromatic hydroxyl groups is 1. The molecule has 2 heterocycles. The second kappa shape index (κ2) is 7.89. The van der Waals surface area contributed by atoms with Gasteiger partial charge in [0.1, 0.15) is 23.8 Å². The van der Waals surface area contributed by atoms with E-state index in [1.54, 1.807) is 29.9 Å². The Bertz CT molecular complexity index is 968. The Labute approximate surface area is 157 Å². The molecule has 3 N–H and O–H groups in total. The van der Waals surface area contributed by atoms with Crippen LogP contribution >= 0.6 is 0 Å². The van der Waals surface area contributed by atoms with Gasteiger partial charge in [-0.1, -0.05) is 0 Å². The molecule has 0 aliphatic rings. The first kappa shape index (κ1) is 18.4. The molecule has 0 aliphatic heterocycles. The Kier molecular flexibility index (Phi) is 5.38. The zero-order valence-electron chi connectivity index (χ0n) is 15.2. The van der Waals surface area contributed by atoms with E-state index in [1.807, 2.05) is 31.3 Å². The highest BCUT2D eigenvalue weighted by molar-refractivity contribution is 5.82. The predicted molar refractivity (Wildman–Crippen MR) is 103 cm³/mol. The fraction of sp³-hybridized carbons (Fsp3) is 0.250. The summed E-state index contributed by atoms with van der Waals surface area (Å²) in [5, 5.41) is 36.1. The number of hydrogen-bond donors (Lipinski definition) is 3. The Morgan fingerprint density at radius 3 is 2.78 bits per heavy atom. The molecule has 0 amide bonds. The maximum atomic E-state index is 9.96. The van der Waals surface area contributed by atoms with E-state index in [9.17, 15) is 10.2 Å². The zero-order chi connectivity index (χ0) is 19.4. The molecule has 3 aromatic rings. The molecule has 1 atom stereocenters. The minimum absolute atomic E-state index is 0.128. The molecule has 0 spiro atoms. The number of nitrogens with zero attached hydrogens (tertiary/aromatic N) is 4.